The first kappa shape index (κ1) is 8.64. The zero-order valence-electron chi connectivity index (χ0n) is 6.86. The largest absolute Gasteiger partial charge is 0.464 e. The van der Waals surface area contributed by atoms with Crippen molar-refractivity contribution in [2.75, 3.05) is 6.61 Å². The number of rotatable bonds is 4. The molecule has 4 nitrogen and oxygen atoms in total. The second-order valence-corrected chi connectivity index (χ2v) is 2.18. The van der Waals surface area contributed by atoms with Gasteiger partial charge in [0.25, 0.3) is 0 Å². The van der Waals surface area contributed by atoms with Crippen LogP contribution in [0.4, 0.5) is 0 Å². The minimum atomic E-state index is 0.354. The molecule has 0 bridgehead atoms. The van der Waals surface area contributed by atoms with Crippen LogP contribution in [-0.2, 0) is 11.2 Å². The van der Waals surface area contributed by atoms with Crippen LogP contribution in [0.1, 0.15) is 12.5 Å². The summed E-state index contributed by atoms with van der Waals surface area (Å²) in [6, 6.07) is 0.354. The number of carbonyl (C=O) groups is 1. The molecule has 1 aromatic rings. The molecule has 12 heavy (non-hydrogen) atoms. The van der Waals surface area contributed by atoms with Crippen molar-refractivity contribution in [2.24, 2.45) is 0 Å². The molecule has 0 unspecified atom stereocenters. The molecular weight excluding hydrogens is 156 g/mol. The van der Waals surface area contributed by atoms with E-state index < -0.39 is 0 Å². The lowest BCUT2D eigenvalue weighted by atomic mass is 10.3. The molecule has 1 heterocycles. The van der Waals surface area contributed by atoms with Crippen LogP contribution in [0.5, 0.6) is 6.01 Å². The molecule has 0 aliphatic heterocycles. The van der Waals surface area contributed by atoms with Crippen LogP contribution in [0.15, 0.2) is 12.4 Å². The van der Waals surface area contributed by atoms with Crippen molar-refractivity contribution in [3.05, 3.63) is 18.0 Å². The lowest BCUT2D eigenvalue weighted by molar-refractivity contribution is -0.107. The molecule has 0 fully saturated rings. The summed E-state index contributed by atoms with van der Waals surface area (Å²) in [5, 5.41) is 0. The van der Waals surface area contributed by atoms with E-state index in [1.165, 1.54) is 0 Å². The van der Waals surface area contributed by atoms with Crippen molar-refractivity contribution in [3.63, 3.8) is 0 Å². The van der Waals surface area contributed by atoms with Gasteiger partial charge in [-0.15, -0.1) is 0 Å². The average molecular weight is 166 g/mol. The van der Waals surface area contributed by atoms with Gasteiger partial charge >= 0.3 is 6.01 Å². The van der Waals surface area contributed by atoms with Crippen molar-refractivity contribution in [1.29, 1.82) is 0 Å². The molecule has 64 valence electrons. The molecule has 0 aliphatic rings. The van der Waals surface area contributed by atoms with Crippen molar-refractivity contribution in [3.8, 4) is 6.01 Å². The number of carbonyl (C=O) groups excluding carboxylic acids is 1. The molecule has 0 atom stereocenters. The van der Waals surface area contributed by atoms with E-state index in [4.69, 9.17) is 4.74 Å². The van der Waals surface area contributed by atoms with Gasteiger partial charge in [0.2, 0.25) is 0 Å². The third-order valence-electron chi connectivity index (χ3n) is 1.27. The van der Waals surface area contributed by atoms with Gasteiger partial charge in [-0.2, -0.15) is 0 Å². The van der Waals surface area contributed by atoms with E-state index in [0.29, 0.717) is 19.0 Å². The van der Waals surface area contributed by atoms with Crippen molar-refractivity contribution in [2.45, 2.75) is 13.3 Å². The number of nitrogens with zero attached hydrogens (tertiary/aromatic N) is 2. The van der Waals surface area contributed by atoms with Crippen molar-refractivity contribution >= 4 is 6.29 Å². The molecule has 0 aliphatic carbocycles. The van der Waals surface area contributed by atoms with Gasteiger partial charge < -0.3 is 9.53 Å². The average Bonchev–Trinajstić information content (AvgIpc) is 2.09. The van der Waals surface area contributed by atoms with Gasteiger partial charge in [-0.05, 0) is 12.5 Å². The summed E-state index contributed by atoms with van der Waals surface area (Å²) in [4.78, 5) is 17.9. The first-order chi connectivity index (χ1) is 5.86. The normalized spacial score (nSPS) is 9.42. The number of hydrogen-bond acceptors (Lipinski definition) is 4. The molecule has 1 aromatic heterocycles. The maximum atomic E-state index is 10.1. The zero-order chi connectivity index (χ0) is 8.81. The Morgan fingerprint density at radius 1 is 1.50 bits per heavy atom. The summed E-state index contributed by atoms with van der Waals surface area (Å²) >= 11 is 0. The van der Waals surface area contributed by atoms with Crippen molar-refractivity contribution in [1.82, 2.24) is 9.97 Å². The van der Waals surface area contributed by atoms with E-state index in [9.17, 15) is 4.79 Å². The van der Waals surface area contributed by atoms with E-state index in [1.54, 1.807) is 12.4 Å². The lowest BCUT2D eigenvalue weighted by Gasteiger charge is -1.99. The predicted molar refractivity (Wildman–Crippen MR) is 43.0 cm³/mol. The minimum Gasteiger partial charge on any atom is -0.464 e. The highest BCUT2D eigenvalue weighted by Gasteiger charge is 1.95. The molecule has 0 spiro atoms. The van der Waals surface area contributed by atoms with Gasteiger partial charge in [-0.1, -0.05) is 0 Å². The number of aldehydes is 1. The fourth-order valence-corrected chi connectivity index (χ4v) is 0.748. The van der Waals surface area contributed by atoms with E-state index in [2.05, 4.69) is 9.97 Å². The Bertz CT molecular complexity index is 246. The molecule has 0 amide bonds. The molecule has 0 saturated carbocycles. The van der Waals surface area contributed by atoms with E-state index in [1.807, 2.05) is 6.92 Å². The minimum absolute atomic E-state index is 0.354. The Kier molecular flexibility index (Phi) is 3.19. The Morgan fingerprint density at radius 3 is 2.67 bits per heavy atom. The van der Waals surface area contributed by atoms with Crippen LogP contribution in [0.3, 0.4) is 0 Å². The monoisotopic (exact) mass is 166 g/mol. The van der Waals surface area contributed by atoms with E-state index >= 15 is 0 Å². The smallest absolute Gasteiger partial charge is 0.316 e. The van der Waals surface area contributed by atoms with Crippen LogP contribution in [0.2, 0.25) is 0 Å². The fraction of sp³-hybridized carbons (Fsp3) is 0.375. The third-order valence-corrected chi connectivity index (χ3v) is 1.27. The maximum absolute atomic E-state index is 10.1. The molecule has 0 N–H and O–H groups in total. The highest BCUT2D eigenvalue weighted by molar-refractivity contribution is 5.54. The third kappa shape index (κ3) is 2.30. The summed E-state index contributed by atoms with van der Waals surface area (Å²) in [5.41, 5.74) is 0.799. The Morgan fingerprint density at radius 2 is 2.17 bits per heavy atom. The Balaban J connectivity index is 2.64. The quantitative estimate of drug-likeness (QED) is 0.615. The second-order valence-electron chi connectivity index (χ2n) is 2.18. The van der Waals surface area contributed by atoms with Crippen LogP contribution in [0.25, 0.3) is 0 Å². The van der Waals surface area contributed by atoms with Crippen LogP contribution in [0, 0.1) is 0 Å². The van der Waals surface area contributed by atoms with Crippen molar-refractivity contribution < 1.29 is 9.53 Å². The molecular formula is C8H10N2O2. The summed E-state index contributed by atoms with van der Waals surface area (Å²) in [7, 11) is 0. The van der Waals surface area contributed by atoms with E-state index in [-0.39, 0.29) is 0 Å². The van der Waals surface area contributed by atoms with Gasteiger partial charge in [0.1, 0.15) is 6.29 Å². The first-order valence-electron chi connectivity index (χ1n) is 3.74. The molecule has 0 radical (unpaired) electrons. The second kappa shape index (κ2) is 4.43. The number of hydrogen-bond donors (Lipinski definition) is 0. The SMILES string of the molecule is CCOc1ncc(CC=O)cn1. The lowest BCUT2D eigenvalue weighted by Crippen LogP contribution is -1.98. The summed E-state index contributed by atoms with van der Waals surface area (Å²) in [6.45, 7) is 2.41. The highest BCUT2D eigenvalue weighted by atomic mass is 16.5. The molecule has 0 aromatic carbocycles. The predicted octanol–water partition coefficient (Wildman–Crippen LogP) is 0.617. The molecule has 4 heteroatoms. The molecule has 1 rings (SSSR count). The fourth-order valence-electron chi connectivity index (χ4n) is 0.748. The number of ether oxygens (including phenoxy) is 1. The standard InChI is InChI=1S/C8H10N2O2/c1-2-12-8-9-5-7(3-4-11)6-10-8/h4-6H,2-3H2,1H3. The Hall–Kier alpha value is -1.45. The summed E-state index contributed by atoms with van der Waals surface area (Å²) < 4.78 is 5.03. The highest BCUT2D eigenvalue weighted by Crippen LogP contribution is 2.01. The van der Waals surface area contributed by atoms with E-state index in [0.717, 1.165) is 11.8 Å². The zero-order valence-corrected chi connectivity index (χ0v) is 6.86. The Labute approximate surface area is 70.6 Å². The summed E-state index contributed by atoms with van der Waals surface area (Å²) in [6.07, 6.45) is 4.35. The van der Waals surface area contributed by atoms with Crippen LogP contribution >= 0.6 is 0 Å². The van der Waals surface area contributed by atoms with Gasteiger partial charge in [-0.3, -0.25) is 0 Å². The molecule has 0 saturated heterocycles. The van der Waals surface area contributed by atoms with Crippen LogP contribution < -0.4 is 4.74 Å². The van der Waals surface area contributed by atoms with Gasteiger partial charge in [-0.25, -0.2) is 9.97 Å². The topological polar surface area (TPSA) is 52.1 Å². The van der Waals surface area contributed by atoms with Crippen LogP contribution in [-0.4, -0.2) is 22.9 Å². The van der Waals surface area contributed by atoms with Gasteiger partial charge in [0.05, 0.1) is 6.61 Å². The van der Waals surface area contributed by atoms with Gasteiger partial charge in [0, 0.05) is 18.8 Å². The van der Waals surface area contributed by atoms with Gasteiger partial charge in [0.15, 0.2) is 0 Å². The summed E-state index contributed by atoms with van der Waals surface area (Å²) in [5.74, 6) is 0. The maximum Gasteiger partial charge on any atom is 0.316 e. The first-order valence-corrected chi connectivity index (χ1v) is 3.74. The number of aromatic nitrogens is 2.